The molecule has 1 fully saturated rings. The third kappa shape index (κ3) is 2.76. The Labute approximate surface area is 136 Å². The first-order valence-corrected chi connectivity index (χ1v) is 9.06. The molecule has 2 nitrogen and oxygen atoms in total. The fourth-order valence-corrected chi connectivity index (χ4v) is 4.70. The van der Waals surface area contributed by atoms with Gasteiger partial charge < -0.3 is 4.57 Å². The van der Waals surface area contributed by atoms with E-state index in [9.17, 15) is 0 Å². The lowest BCUT2D eigenvalue weighted by atomic mass is 10.1. The molecule has 0 N–H and O–H groups in total. The van der Waals surface area contributed by atoms with Crippen molar-refractivity contribution < 1.29 is 0 Å². The molecule has 0 aliphatic carbocycles. The highest BCUT2D eigenvalue weighted by Gasteiger charge is 2.31. The summed E-state index contributed by atoms with van der Waals surface area (Å²) in [6.07, 6.45) is 2.60. The molecule has 1 atom stereocenters. The predicted molar refractivity (Wildman–Crippen MR) is 92.1 cm³/mol. The van der Waals surface area contributed by atoms with Gasteiger partial charge in [-0.3, -0.25) is 0 Å². The molecule has 102 valence electrons. The van der Waals surface area contributed by atoms with Crippen LogP contribution in [-0.2, 0) is 12.4 Å². The monoisotopic (exact) mass is 406 g/mol. The molecule has 1 aromatic heterocycles. The predicted octanol–water partition coefficient (Wildman–Crippen LogP) is 4.67. The first-order valence-electron chi connectivity index (χ1n) is 6.46. The molecule has 2 heterocycles. The number of alkyl halides is 1. The molecular weight excluding hydrogens is 391 g/mol. The Morgan fingerprint density at radius 2 is 2.37 bits per heavy atom. The zero-order valence-corrected chi connectivity index (χ0v) is 14.6. The normalized spacial score (nSPS) is 23.3. The van der Waals surface area contributed by atoms with Gasteiger partial charge in [-0.1, -0.05) is 0 Å². The minimum absolute atomic E-state index is 0.331. The maximum absolute atomic E-state index is 6.08. The maximum atomic E-state index is 6.08. The summed E-state index contributed by atoms with van der Waals surface area (Å²) in [5, 5.41) is 0. The van der Waals surface area contributed by atoms with Gasteiger partial charge in [0.15, 0.2) is 0 Å². The molecule has 19 heavy (non-hydrogen) atoms. The van der Waals surface area contributed by atoms with Crippen molar-refractivity contribution in [3.8, 4) is 0 Å². The molecule has 1 aromatic carbocycles. The van der Waals surface area contributed by atoms with E-state index in [1.54, 1.807) is 0 Å². The minimum Gasteiger partial charge on any atom is -0.326 e. The van der Waals surface area contributed by atoms with E-state index < -0.39 is 0 Å². The standard InChI is InChI=1S/C14H16ClIN2S/c1-14(5-2-6-19-14)9-18-12-4-3-10(16)7-11(12)17-13(18)8-15/h3-4,7H,2,5-6,8-9H2,1H3. The lowest BCUT2D eigenvalue weighted by Crippen LogP contribution is -2.24. The number of fused-ring (bicyclic) bond motifs is 1. The van der Waals surface area contributed by atoms with Crippen LogP contribution in [0.15, 0.2) is 18.2 Å². The van der Waals surface area contributed by atoms with Crippen LogP contribution in [0.5, 0.6) is 0 Å². The number of nitrogens with zero attached hydrogens (tertiary/aromatic N) is 2. The fourth-order valence-electron chi connectivity index (χ4n) is 2.73. The van der Waals surface area contributed by atoms with Gasteiger partial charge in [0.2, 0.25) is 0 Å². The van der Waals surface area contributed by atoms with E-state index >= 15 is 0 Å². The Balaban J connectivity index is 2.05. The highest BCUT2D eigenvalue weighted by molar-refractivity contribution is 14.1. The summed E-state index contributed by atoms with van der Waals surface area (Å²) >= 11 is 10.5. The number of hydrogen-bond acceptors (Lipinski definition) is 2. The summed E-state index contributed by atoms with van der Waals surface area (Å²) < 4.78 is 3.87. The van der Waals surface area contributed by atoms with Crippen LogP contribution < -0.4 is 0 Å². The van der Waals surface area contributed by atoms with Gasteiger partial charge in [-0.05, 0) is 66.3 Å². The first-order chi connectivity index (χ1) is 9.11. The van der Waals surface area contributed by atoms with Crippen molar-refractivity contribution in [2.75, 3.05) is 5.75 Å². The Morgan fingerprint density at radius 1 is 1.53 bits per heavy atom. The Morgan fingerprint density at radius 3 is 3.05 bits per heavy atom. The van der Waals surface area contributed by atoms with Crippen LogP contribution in [-0.4, -0.2) is 20.1 Å². The van der Waals surface area contributed by atoms with E-state index in [1.807, 2.05) is 0 Å². The molecule has 2 aromatic rings. The van der Waals surface area contributed by atoms with Gasteiger partial charge >= 0.3 is 0 Å². The topological polar surface area (TPSA) is 17.8 Å². The van der Waals surface area contributed by atoms with Gasteiger partial charge in [-0.25, -0.2) is 4.98 Å². The quantitative estimate of drug-likeness (QED) is 0.545. The second kappa shape index (κ2) is 5.45. The first kappa shape index (κ1) is 14.0. The number of rotatable bonds is 3. The third-order valence-corrected chi connectivity index (χ3v) is 6.13. The van der Waals surface area contributed by atoms with E-state index in [0.29, 0.717) is 10.6 Å². The Hall–Kier alpha value is 0.0600. The summed E-state index contributed by atoms with van der Waals surface area (Å²) in [7, 11) is 0. The van der Waals surface area contributed by atoms with Crippen LogP contribution in [0, 0.1) is 3.57 Å². The smallest absolute Gasteiger partial charge is 0.124 e. The molecule has 0 saturated carbocycles. The molecule has 1 saturated heterocycles. The molecule has 0 bridgehead atoms. The van der Waals surface area contributed by atoms with E-state index in [4.69, 9.17) is 11.6 Å². The van der Waals surface area contributed by atoms with Gasteiger partial charge in [-0.15, -0.1) is 11.6 Å². The second-order valence-electron chi connectivity index (χ2n) is 5.28. The van der Waals surface area contributed by atoms with Gasteiger partial charge in [0.1, 0.15) is 5.82 Å². The van der Waals surface area contributed by atoms with Crippen molar-refractivity contribution in [2.24, 2.45) is 0 Å². The van der Waals surface area contributed by atoms with Crippen LogP contribution in [0.3, 0.4) is 0 Å². The van der Waals surface area contributed by atoms with Crippen molar-refractivity contribution >= 4 is 57.0 Å². The zero-order chi connectivity index (χ0) is 13.5. The summed E-state index contributed by atoms with van der Waals surface area (Å²) in [5.74, 6) is 2.75. The van der Waals surface area contributed by atoms with Gasteiger partial charge in [0.25, 0.3) is 0 Å². The van der Waals surface area contributed by atoms with Crippen molar-refractivity contribution in [1.29, 1.82) is 0 Å². The second-order valence-corrected chi connectivity index (χ2v) is 8.48. The maximum Gasteiger partial charge on any atom is 0.124 e. The van der Waals surface area contributed by atoms with E-state index in [-0.39, 0.29) is 0 Å². The van der Waals surface area contributed by atoms with Crippen LogP contribution >= 0.6 is 46.0 Å². The van der Waals surface area contributed by atoms with E-state index in [1.165, 1.54) is 27.7 Å². The van der Waals surface area contributed by atoms with E-state index in [2.05, 4.69) is 69.0 Å². The average molecular weight is 407 g/mol. The fraction of sp³-hybridized carbons (Fsp3) is 0.500. The molecule has 1 aliphatic heterocycles. The Kier molecular flexibility index (Phi) is 4.02. The number of benzene rings is 1. The summed E-state index contributed by atoms with van der Waals surface area (Å²) in [4.78, 5) is 4.68. The van der Waals surface area contributed by atoms with Crippen molar-refractivity contribution in [3.05, 3.63) is 27.6 Å². The molecule has 0 radical (unpaired) electrons. The highest BCUT2D eigenvalue weighted by atomic mass is 127. The third-order valence-electron chi connectivity index (χ3n) is 3.70. The molecule has 0 amide bonds. The Bertz CT molecular complexity index is 605. The van der Waals surface area contributed by atoms with Crippen LogP contribution in [0.25, 0.3) is 11.0 Å². The highest BCUT2D eigenvalue weighted by Crippen LogP contribution is 2.40. The van der Waals surface area contributed by atoms with E-state index in [0.717, 1.165) is 17.9 Å². The number of hydrogen-bond donors (Lipinski definition) is 0. The van der Waals surface area contributed by atoms with Gasteiger partial charge in [0.05, 0.1) is 16.9 Å². The largest absolute Gasteiger partial charge is 0.326 e. The zero-order valence-electron chi connectivity index (χ0n) is 10.8. The number of aromatic nitrogens is 2. The molecule has 5 heteroatoms. The van der Waals surface area contributed by atoms with Crippen LogP contribution in [0.2, 0.25) is 0 Å². The molecule has 3 rings (SSSR count). The van der Waals surface area contributed by atoms with Crippen molar-refractivity contribution in [1.82, 2.24) is 9.55 Å². The molecule has 1 aliphatic rings. The van der Waals surface area contributed by atoms with Crippen LogP contribution in [0.1, 0.15) is 25.6 Å². The summed E-state index contributed by atoms with van der Waals surface area (Å²) in [6, 6.07) is 6.44. The SMILES string of the molecule is CC1(Cn2c(CCl)nc3cc(I)ccc32)CCCS1. The minimum atomic E-state index is 0.331. The summed E-state index contributed by atoms with van der Waals surface area (Å²) in [6.45, 7) is 3.37. The number of imidazole rings is 1. The average Bonchev–Trinajstić information content (AvgIpc) is 2.94. The number of halogens is 2. The summed E-state index contributed by atoms with van der Waals surface area (Å²) in [5.41, 5.74) is 2.28. The van der Waals surface area contributed by atoms with Crippen molar-refractivity contribution in [3.63, 3.8) is 0 Å². The van der Waals surface area contributed by atoms with Crippen LogP contribution in [0.4, 0.5) is 0 Å². The van der Waals surface area contributed by atoms with Crippen molar-refractivity contribution in [2.45, 2.75) is 36.9 Å². The molecule has 0 spiro atoms. The van der Waals surface area contributed by atoms with Gasteiger partial charge in [0, 0.05) is 14.9 Å². The molecule has 1 unspecified atom stereocenters. The van der Waals surface area contributed by atoms with Gasteiger partial charge in [-0.2, -0.15) is 11.8 Å². The molecular formula is C14H16ClIN2S. The lowest BCUT2D eigenvalue weighted by Gasteiger charge is -2.24. The lowest BCUT2D eigenvalue weighted by molar-refractivity contribution is 0.510. The number of thioether (sulfide) groups is 1.